The Bertz CT molecular complexity index is 596. The normalized spacial score (nSPS) is 10.2. The van der Waals surface area contributed by atoms with Crippen molar-refractivity contribution < 1.29 is 4.74 Å². The van der Waals surface area contributed by atoms with Crippen LogP contribution in [-0.2, 0) is 13.0 Å². The molecular formula is C15H17N3O. The number of nitrogens with two attached hydrogens (primary N) is 1. The molecule has 2 N–H and O–H groups in total. The van der Waals surface area contributed by atoms with E-state index in [0.29, 0.717) is 18.7 Å². The third-order valence-corrected chi connectivity index (χ3v) is 3.01. The van der Waals surface area contributed by atoms with E-state index in [1.165, 1.54) is 5.56 Å². The van der Waals surface area contributed by atoms with Crippen LogP contribution in [-0.4, -0.2) is 18.2 Å². The summed E-state index contributed by atoms with van der Waals surface area (Å²) in [5.41, 5.74) is 8.40. The summed E-state index contributed by atoms with van der Waals surface area (Å²) in [6.07, 6.45) is 4.97. The minimum atomic E-state index is 0.644. The molecule has 0 fully saturated rings. The largest absolute Gasteiger partial charge is 0.496 e. The quantitative estimate of drug-likeness (QED) is 0.887. The van der Waals surface area contributed by atoms with Gasteiger partial charge in [-0.2, -0.15) is 5.26 Å². The number of aromatic nitrogens is 1. The summed E-state index contributed by atoms with van der Waals surface area (Å²) in [5, 5.41) is 8.95. The molecule has 0 aliphatic rings. The standard InChI is InChI=1S/C15H17N3O/c1-19-15-3-2-13(9-17)8-14(15)11-18-7-5-12(10-18)4-6-16/h2-3,5,7-8,10H,4,6,11,16H2,1H3. The minimum absolute atomic E-state index is 0.644. The van der Waals surface area contributed by atoms with Gasteiger partial charge < -0.3 is 15.0 Å². The third-order valence-electron chi connectivity index (χ3n) is 3.01. The first kappa shape index (κ1) is 13.2. The highest BCUT2D eigenvalue weighted by atomic mass is 16.5. The van der Waals surface area contributed by atoms with Gasteiger partial charge in [-0.1, -0.05) is 0 Å². The van der Waals surface area contributed by atoms with E-state index in [4.69, 9.17) is 15.7 Å². The Morgan fingerprint density at radius 2 is 2.21 bits per heavy atom. The molecule has 0 amide bonds. The monoisotopic (exact) mass is 255 g/mol. The zero-order valence-corrected chi connectivity index (χ0v) is 11.0. The first-order chi connectivity index (χ1) is 9.26. The zero-order chi connectivity index (χ0) is 13.7. The second kappa shape index (κ2) is 6.07. The van der Waals surface area contributed by atoms with Gasteiger partial charge in [0.05, 0.1) is 25.3 Å². The molecule has 2 rings (SSSR count). The van der Waals surface area contributed by atoms with Crippen molar-refractivity contribution in [1.82, 2.24) is 4.57 Å². The number of hydrogen-bond acceptors (Lipinski definition) is 3. The molecule has 1 heterocycles. The van der Waals surface area contributed by atoms with Crippen LogP contribution in [0.1, 0.15) is 16.7 Å². The summed E-state index contributed by atoms with van der Waals surface area (Å²) < 4.78 is 7.40. The van der Waals surface area contributed by atoms with Crippen molar-refractivity contribution in [2.24, 2.45) is 5.73 Å². The molecule has 4 heteroatoms. The number of ether oxygens (including phenoxy) is 1. The van der Waals surface area contributed by atoms with E-state index in [2.05, 4.69) is 22.9 Å². The van der Waals surface area contributed by atoms with E-state index in [9.17, 15) is 0 Å². The van der Waals surface area contributed by atoms with Gasteiger partial charge in [0.15, 0.2) is 0 Å². The van der Waals surface area contributed by atoms with Gasteiger partial charge in [-0.15, -0.1) is 0 Å². The Labute approximate surface area is 113 Å². The van der Waals surface area contributed by atoms with Gasteiger partial charge in [-0.05, 0) is 42.8 Å². The summed E-state index contributed by atoms with van der Waals surface area (Å²) in [6, 6.07) is 9.67. The van der Waals surface area contributed by atoms with Gasteiger partial charge >= 0.3 is 0 Å². The van der Waals surface area contributed by atoms with E-state index in [0.717, 1.165) is 17.7 Å². The van der Waals surface area contributed by atoms with Crippen molar-refractivity contribution in [3.63, 3.8) is 0 Å². The van der Waals surface area contributed by atoms with E-state index in [1.807, 2.05) is 18.3 Å². The molecule has 4 nitrogen and oxygen atoms in total. The molecule has 0 aliphatic carbocycles. The molecule has 0 saturated heterocycles. The van der Waals surface area contributed by atoms with Crippen molar-refractivity contribution in [3.8, 4) is 11.8 Å². The van der Waals surface area contributed by atoms with Crippen LogP contribution in [0.5, 0.6) is 5.75 Å². The second-order valence-corrected chi connectivity index (χ2v) is 4.37. The van der Waals surface area contributed by atoms with Crippen LogP contribution in [0.2, 0.25) is 0 Å². The number of nitriles is 1. The number of methoxy groups -OCH3 is 1. The molecule has 0 bridgehead atoms. The van der Waals surface area contributed by atoms with Crippen LogP contribution in [0.3, 0.4) is 0 Å². The number of rotatable bonds is 5. The summed E-state index contributed by atoms with van der Waals surface area (Å²) >= 11 is 0. The summed E-state index contributed by atoms with van der Waals surface area (Å²) in [6.45, 7) is 1.33. The van der Waals surface area contributed by atoms with E-state index in [1.54, 1.807) is 13.2 Å². The molecule has 0 saturated carbocycles. The Hall–Kier alpha value is -2.25. The predicted octanol–water partition coefficient (Wildman–Crippen LogP) is 1.92. The Morgan fingerprint density at radius 1 is 1.37 bits per heavy atom. The van der Waals surface area contributed by atoms with Gasteiger partial charge in [-0.3, -0.25) is 0 Å². The molecule has 0 aliphatic heterocycles. The number of hydrogen-bond donors (Lipinski definition) is 1. The minimum Gasteiger partial charge on any atom is -0.496 e. The molecule has 1 aromatic carbocycles. The van der Waals surface area contributed by atoms with Crippen molar-refractivity contribution in [2.45, 2.75) is 13.0 Å². The lowest BCUT2D eigenvalue weighted by atomic mass is 10.1. The molecule has 0 unspecified atom stereocenters. The highest BCUT2D eigenvalue weighted by molar-refractivity contribution is 5.42. The van der Waals surface area contributed by atoms with Crippen molar-refractivity contribution >= 4 is 0 Å². The maximum atomic E-state index is 8.95. The molecule has 0 atom stereocenters. The van der Waals surface area contributed by atoms with Crippen LogP contribution < -0.4 is 10.5 Å². The summed E-state index contributed by atoms with van der Waals surface area (Å²) in [5.74, 6) is 0.799. The fourth-order valence-electron chi connectivity index (χ4n) is 2.07. The fraction of sp³-hybridized carbons (Fsp3) is 0.267. The van der Waals surface area contributed by atoms with Crippen LogP contribution in [0.4, 0.5) is 0 Å². The van der Waals surface area contributed by atoms with Crippen molar-refractivity contribution in [3.05, 3.63) is 53.3 Å². The average molecular weight is 255 g/mol. The van der Waals surface area contributed by atoms with Gasteiger partial charge in [0.2, 0.25) is 0 Å². The first-order valence-corrected chi connectivity index (χ1v) is 6.18. The highest BCUT2D eigenvalue weighted by Gasteiger charge is 2.06. The topological polar surface area (TPSA) is 64.0 Å². The maximum Gasteiger partial charge on any atom is 0.123 e. The van der Waals surface area contributed by atoms with Crippen molar-refractivity contribution in [2.75, 3.05) is 13.7 Å². The molecular weight excluding hydrogens is 238 g/mol. The molecule has 0 spiro atoms. The van der Waals surface area contributed by atoms with Gasteiger partial charge in [0.1, 0.15) is 5.75 Å². The fourth-order valence-corrected chi connectivity index (χ4v) is 2.07. The number of nitrogens with zero attached hydrogens (tertiary/aromatic N) is 2. The Morgan fingerprint density at radius 3 is 2.89 bits per heavy atom. The van der Waals surface area contributed by atoms with Gasteiger partial charge in [0, 0.05) is 18.0 Å². The predicted molar refractivity (Wildman–Crippen MR) is 74.0 cm³/mol. The lowest BCUT2D eigenvalue weighted by molar-refractivity contribution is 0.408. The maximum absolute atomic E-state index is 8.95. The van der Waals surface area contributed by atoms with E-state index < -0.39 is 0 Å². The SMILES string of the molecule is COc1ccc(C#N)cc1Cn1ccc(CCN)c1. The lowest BCUT2D eigenvalue weighted by Crippen LogP contribution is -2.02. The molecule has 0 radical (unpaired) electrons. The number of benzene rings is 1. The molecule has 2 aromatic rings. The molecule has 1 aromatic heterocycles. The highest BCUT2D eigenvalue weighted by Crippen LogP contribution is 2.21. The molecule has 98 valence electrons. The van der Waals surface area contributed by atoms with E-state index >= 15 is 0 Å². The summed E-state index contributed by atoms with van der Waals surface area (Å²) in [4.78, 5) is 0. The van der Waals surface area contributed by atoms with E-state index in [-0.39, 0.29) is 0 Å². The van der Waals surface area contributed by atoms with Gasteiger partial charge in [-0.25, -0.2) is 0 Å². The van der Waals surface area contributed by atoms with Gasteiger partial charge in [0.25, 0.3) is 0 Å². The summed E-state index contributed by atoms with van der Waals surface area (Å²) in [7, 11) is 1.64. The molecule has 19 heavy (non-hydrogen) atoms. The Balaban J connectivity index is 2.23. The smallest absolute Gasteiger partial charge is 0.123 e. The van der Waals surface area contributed by atoms with Crippen LogP contribution in [0.15, 0.2) is 36.7 Å². The Kier molecular flexibility index (Phi) is 4.22. The van der Waals surface area contributed by atoms with Crippen LogP contribution in [0.25, 0.3) is 0 Å². The van der Waals surface area contributed by atoms with Crippen molar-refractivity contribution in [1.29, 1.82) is 5.26 Å². The van der Waals surface area contributed by atoms with Crippen LogP contribution in [0, 0.1) is 11.3 Å². The zero-order valence-electron chi connectivity index (χ0n) is 11.0. The van der Waals surface area contributed by atoms with Crippen LogP contribution >= 0.6 is 0 Å². The first-order valence-electron chi connectivity index (χ1n) is 6.18. The second-order valence-electron chi connectivity index (χ2n) is 4.37. The average Bonchev–Trinajstić information content (AvgIpc) is 2.86. The third kappa shape index (κ3) is 3.15. The lowest BCUT2D eigenvalue weighted by Gasteiger charge is -2.09.